The number of piperidine rings is 1. The Morgan fingerprint density at radius 2 is 2.22 bits per heavy atom. The van der Waals surface area contributed by atoms with Gasteiger partial charge in [0.05, 0.1) is 0 Å². The molecular weight excluding hydrogens is 346 g/mol. The summed E-state index contributed by atoms with van der Waals surface area (Å²) < 4.78 is 0. The van der Waals surface area contributed by atoms with E-state index in [4.69, 9.17) is 5.11 Å². The second-order valence-corrected chi connectivity index (χ2v) is 7.44. The van der Waals surface area contributed by atoms with Crippen LogP contribution in [0, 0.1) is 5.92 Å². The number of carbonyl (C=O) groups is 1. The number of aromatic nitrogens is 4. The number of anilines is 3. The van der Waals surface area contributed by atoms with Crippen LogP contribution >= 0.6 is 0 Å². The van der Waals surface area contributed by atoms with Gasteiger partial charge in [0.1, 0.15) is 5.82 Å². The third-order valence-electron chi connectivity index (χ3n) is 5.31. The van der Waals surface area contributed by atoms with Gasteiger partial charge >= 0.3 is 6.09 Å². The number of nitrogens with one attached hydrogen (secondary N) is 3. The first-order chi connectivity index (χ1) is 13.1. The molecule has 0 bridgehead atoms. The molecular formula is C18H25N7O2. The highest BCUT2D eigenvalue weighted by Crippen LogP contribution is 2.39. The summed E-state index contributed by atoms with van der Waals surface area (Å²) in [5.41, 5.74) is 1.17. The van der Waals surface area contributed by atoms with Gasteiger partial charge in [-0.05, 0) is 44.6 Å². The Bertz CT molecular complexity index is 805. The van der Waals surface area contributed by atoms with E-state index in [1.165, 1.54) is 18.5 Å². The zero-order chi connectivity index (χ0) is 18.8. The van der Waals surface area contributed by atoms with Crippen molar-refractivity contribution < 1.29 is 9.90 Å². The van der Waals surface area contributed by atoms with Gasteiger partial charge in [-0.1, -0.05) is 0 Å². The summed E-state index contributed by atoms with van der Waals surface area (Å²) in [4.78, 5) is 22.1. The van der Waals surface area contributed by atoms with E-state index in [9.17, 15) is 4.79 Å². The molecule has 2 aromatic rings. The normalized spacial score (nSPS) is 20.9. The molecule has 1 saturated heterocycles. The van der Waals surface area contributed by atoms with Crippen LogP contribution in [0.5, 0.6) is 0 Å². The van der Waals surface area contributed by atoms with E-state index in [-0.39, 0.29) is 12.0 Å². The number of rotatable bonds is 6. The highest BCUT2D eigenvalue weighted by molar-refractivity contribution is 5.64. The average Bonchev–Trinajstić information content (AvgIpc) is 3.41. The molecule has 2 unspecified atom stereocenters. The number of amides is 1. The monoisotopic (exact) mass is 371 g/mol. The standard InChI is InChI=1S/C18H25N7O2/c1-11(20-18(26)27)13-3-2-8-25(10-13)17-19-7-6-15(22-17)21-16-9-14(23-24-16)12-4-5-12/h6-7,9,11-13,20H,2-5,8,10H2,1H3,(H,26,27)(H2,19,21,22,23,24). The van der Waals surface area contributed by atoms with E-state index in [0.29, 0.717) is 17.7 Å². The van der Waals surface area contributed by atoms with E-state index in [0.717, 1.165) is 31.7 Å². The van der Waals surface area contributed by atoms with Crippen LogP contribution in [0.2, 0.25) is 0 Å². The Labute approximate surface area is 157 Å². The zero-order valence-corrected chi connectivity index (χ0v) is 15.4. The van der Waals surface area contributed by atoms with Crippen LogP contribution in [0.25, 0.3) is 0 Å². The first-order valence-corrected chi connectivity index (χ1v) is 9.48. The van der Waals surface area contributed by atoms with E-state index in [2.05, 4.69) is 35.7 Å². The summed E-state index contributed by atoms with van der Waals surface area (Å²) >= 11 is 0. The molecule has 2 aromatic heterocycles. The zero-order valence-electron chi connectivity index (χ0n) is 15.4. The molecule has 2 atom stereocenters. The van der Waals surface area contributed by atoms with Gasteiger partial charge < -0.3 is 20.6 Å². The van der Waals surface area contributed by atoms with Gasteiger partial charge in [-0.2, -0.15) is 10.1 Å². The van der Waals surface area contributed by atoms with Crippen molar-refractivity contribution >= 4 is 23.7 Å². The van der Waals surface area contributed by atoms with Crippen LogP contribution in [-0.2, 0) is 0 Å². The Morgan fingerprint density at radius 3 is 3.00 bits per heavy atom. The SMILES string of the molecule is CC(NC(=O)O)C1CCCN(c2nccc(Nc3cc(C4CC4)[nH]n3)n2)C1. The number of aromatic amines is 1. The quantitative estimate of drug-likeness (QED) is 0.616. The highest BCUT2D eigenvalue weighted by atomic mass is 16.4. The lowest BCUT2D eigenvalue weighted by Crippen LogP contribution is -2.46. The van der Waals surface area contributed by atoms with Gasteiger partial charge in [0.25, 0.3) is 0 Å². The molecule has 4 rings (SSSR count). The van der Waals surface area contributed by atoms with Gasteiger partial charge in [-0.3, -0.25) is 5.10 Å². The molecule has 1 amide bonds. The third kappa shape index (κ3) is 4.29. The van der Waals surface area contributed by atoms with E-state index < -0.39 is 6.09 Å². The summed E-state index contributed by atoms with van der Waals surface area (Å²) in [6.45, 7) is 3.52. The first-order valence-electron chi connectivity index (χ1n) is 9.48. The van der Waals surface area contributed by atoms with Crippen molar-refractivity contribution in [2.24, 2.45) is 5.92 Å². The largest absolute Gasteiger partial charge is 0.465 e. The fourth-order valence-electron chi connectivity index (χ4n) is 3.62. The van der Waals surface area contributed by atoms with E-state index in [1.54, 1.807) is 6.20 Å². The summed E-state index contributed by atoms with van der Waals surface area (Å²) in [6, 6.07) is 3.76. The molecule has 0 spiro atoms. The number of nitrogens with zero attached hydrogens (tertiary/aromatic N) is 4. The lowest BCUT2D eigenvalue weighted by Gasteiger charge is -2.35. The molecule has 1 saturated carbocycles. The van der Waals surface area contributed by atoms with E-state index >= 15 is 0 Å². The molecule has 27 heavy (non-hydrogen) atoms. The summed E-state index contributed by atoms with van der Waals surface area (Å²) in [6.07, 6.45) is 5.19. The van der Waals surface area contributed by atoms with Gasteiger partial charge in [0.15, 0.2) is 5.82 Å². The number of H-pyrrole nitrogens is 1. The molecule has 9 nitrogen and oxygen atoms in total. The molecule has 0 radical (unpaired) electrons. The molecule has 4 N–H and O–H groups in total. The minimum atomic E-state index is -0.980. The molecule has 2 aliphatic rings. The Kier molecular flexibility index (Phi) is 4.83. The summed E-state index contributed by atoms with van der Waals surface area (Å²) in [5.74, 6) is 2.98. The Balaban J connectivity index is 1.42. The van der Waals surface area contributed by atoms with Crippen molar-refractivity contribution in [2.75, 3.05) is 23.3 Å². The van der Waals surface area contributed by atoms with Gasteiger partial charge in [0.2, 0.25) is 5.95 Å². The van der Waals surface area contributed by atoms with Crippen LogP contribution in [0.1, 0.15) is 44.2 Å². The molecule has 3 heterocycles. The second-order valence-electron chi connectivity index (χ2n) is 7.44. The van der Waals surface area contributed by atoms with Crippen molar-refractivity contribution in [1.82, 2.24) is 25.5 Å². The van der Waals surface area contributed by atoms with Crippen molar-refractivity contribution in [3.05, 3.63) is 24.0 Å². The molecule has 2 fully saturated rings. The fourth-order valence-corrected chi connectivity index (χ4v) is 3.62. The van der Waals surface area contributed by atoms with Gasteiger partial charge in [0, 0.05) is 43.0 Å². The predicted molar refractivity (Wildman–Crippen MR) is 101 cm³/mol. The van der Waals surface area contributed by atoms with Crippen LogP contribution in [0.15, 0.2) is 18.3 Å². The smallest absolute Gasteiger partial charge is 0.404 e. The topological polar surface area (TPSA) is 119 Å². The van der Waals surface area contributed by atoms with Crippen molar-refractivity contribution in [1.29, 1.82) is 0 Å². The Hall–Kier alpha value is -2.84. The highest BCUT2D eigenvalue weighted by Gasteiger charge is 2.27. The average molecular weight is 371 g/mol. The summed E-state index contributed by atoms with van der Waals surface area (Å²) in [7, 11) is 0. The molecule has 1 aliphatic carbocycles. The lowest BCUT2D eigenvalue weighted by molar-refractivity contribution is 0.183. The fraction of sp³-hybridized carbons (Fsp3) is 0.556. The van der Waals surface area contributed by atoms with Crippen LogP contribution in [-0.4, -0.2) is 50.5 Å². The maximum atomic E-state index is 10.9. The van der Waals surface area contributed by atoms with Crippen LogP contribution < -0.4 is 15.5 Å². The van der Waals surface area contributed by atoms with Crippen molar-refractivity contribution in [2.45, 2.75) is 44.6 Å². The molecule has 1 aliphatic heterocycles. The van der Waals surface area contributed by atoms with Gasteiger partial charge in [-0.15, -0.1) is 0 Å². The molecule has 0 aromatic carbocycles. The van der Waals surface area contributed by atoms with Crippen LogP contribution in [0.3, 0.4) is 0 Å². The van der Waals surface area contributed by atoms with E-state index in [1.807, 2.05) is 19.1 Å². The Morgan fingerprint density at radius 1 is 1.37 bits per heavy atom. The molecule has 144 valence electrons. The second kappa shape index (κ2) is 7.42. The van der Waals surface area contributed by atoms with Gasteiger partial charge in [-0.25, -0.2) is 9.78 Å². The van der Waals surface area contributed by atoms with Crippen LogP contribution in [0.4, 0.5) is 22.4 Å². The maximum absolute atomic E-state index is 10.9. The molecule has 9 heteroatoms. The number of carboxylic acid groups (broad SMARTS) is 1. The number of hydrogen-bond acceptors (Lipinski definition) is 6. The third-order valence-corrected chi connectivity index (χ3v) is 5.31. The first kappa shape index (κ1) is 17.6. The van der Waals surface area contributed by atoms with Crippen molar-refractivity contribution in [3.8, 4) is 0 Å². The van der Waals surface area contributed by atoms with Crippen molar-refractivity contribution in [3.63, 3.8) is 0 Å². The lowest BCUT2D eigenvalue weighted by atomic mass is 9.92. The minimum absolute atomic E-state index is 0.100. The maximum Gasteiger partial charge on any atom is 0.404 e. The summed E-state index contributed by atoms with van der Waals surface area (Å²) in [5, 5.41) is 22.1. The minimum Gasteiger partial charge on any atom is -0.465 e. The predicted octanol–water partition coefficient (Wildman–Crippen LogP) is 2.69. The number of hydrogen-bond donors (Lipinski definition) is 4.